The second kappa shape index (κ2) is 7.69. The smallest absolute Gasteiger partial charge is 0.248 e. The predicted molar refractivity (Wildman–Crippen MR) is 114 cm³/mol. The van der Waals surface area contributed by atoms with Crippen molar-refractivity contribution in [2.24, 2.45) is 11.3 Å². The number of tetrazole rings is 1. The molecule has 0 aromatic carbocycles. The molecule has 1 aliphatic rings. The van der Waals surface area contributed by atoms with Crippen LogP contribution in [0.3, 0.4) is 0 Å². The molecule has 0 bridgehead atoms. The van der Waals surface area contributed by atoms with Crippen molar-refractivity contribution in [2.45, 2.75) is 46.6 Å². The minimum absolute atomic E-state index is 0.0452. The van der Waals surface area contributed by atoms with E-state index in [0.717, 1.165) is 29.7 Å². The summed E-state index contributed by atoms with van der Waals surface area (Å²) in [5.74, 6) is 0.826. The average molecular weight is 427 g/mol. The van der Waals surface area contributed by atoms with Crippen LogP contribution in [0, 0.1) is 22.7 Å². The zero-order chi connectivity index (χ0) is 20.6. The van der Waals surface area contributed by atoms with Crippen LogP contribution in [-0.2, 0) is 24.2 Å². The fraction of sp³-hybridized carbons (Fsp3) is 0.450. The van der Waals surface area contributed by atoms with Crippen LogP contribution in [0.2, 0.25) is 0 Å². The van der Waals surface area contributed by atoms with Gasteiger partial charge in [0.15, 0.2) is 0 Å². The molecule has 1 aliphatic carbocycles. The Kier molecular flexibility index (Phi) is 5.23. The topological polar surface area (TPSA) is 96.5 Å². The molecule has 0 radical (unpaired) electrons. The van der Waals surface area contributed by atoms with Gasteiger partial charge in [-0.3, -0.25) is 4.79 Å². The Morgan fingerprint density at radius 3 is 2.97 bits per heavy atom. The summed E-state index contributed by atoms with van der Waals surface area (Å²) >= 11 is 3.05. The number of hydrogen-bond donors (Lipinski definition) is 1. The normalized spacial score (nSPS) is 16.3. The molecule has 0 saturated heterocycles. The van der Waals surface area contributed by atoms with Crippen LogP contribution < -0.4 is 5.32 Å². The van der Waals surface area contributed by atoms with Crippen LogP contribution in [0.25, 0.3) is 10.7 Å². The van der Waals surface area contributed by atoms with Gasteiger partial charge >= 0.3 is 0 Å². The van der Waals surface area contributed by atoms with Gasteiger partial charge in [0.25, 0.3) is 0 Å². The Balaban J connectivity index is 1.48. The number of aromatic nitrogens is 4. The second-order valence-electron chi connectivity index (χ2n) is 8.29. The first-order chi connectivity index (χ1) is 13.8. The zero-order valence-corrected chi connectivity index (χ0v) is 18.2. The third-order valence-corrected chi connectivity index (χ3v) is 7.37. The highest BCUT2D eigenvalue weighted by Crippen LogP contribution is 2.43. The Hall–Kier alpha value is -2.57. The van der Waals surface area contributed by atoms with Gasteiger partial charge in [0.2, 0.25) is 11.7 Å². The number of nitrogens with one attached hydrogen (secondary N) is 1. The molecule has 3 aromatic rings. The molecular weight excluding hydrogens is 404 g/mol. The minimum Gasteiger partial charge on any atom is -0.315 e. The van der Waals surface area contributed by atoms with Crippen LogP contribution in [0.5, 0.6) is 0 Å². The van der Waals surface area contributed by atoms with Crippen LogP contribution in [0.4, 0.5) is 5.00 Å². The van der Waals surface area contributed by atoms with Gasteiger partial charge < -0.3 is 5.32 Å². The molecule has 4 rings (SSSR count). The lowest BCUT2D eigenvalue weighted by molar-refractivity contribution is -0.117. The van der Waals surface area contributed by atoms with Crippen molar-refractivity contribution in [1.29, 1.82) is 5.26 Å². The molecule has 150 valence electrons. The number of carbonyl (C=O) groups is 1. The van der Waals surface area contributed by atoms with E-state index in [1.54, 1.807) is 0 Å². The van der Waals surface area contributed by atoms with E-state index in [-0.39, 0.29) is 17.9 Å². The van der Waals surface area contributed by atoms with Crippen LogP contribution in [-0.4, -0.2) is 26.1 Å². The Morgan fingerprint density at radius 2 is 2.28 bits per heavy atom. The molecule has 1 N–H and O–H groups in total. The van der Waals surface area contributed by atoms with E-state index in [1.165, 1.54) is 32.3 Å². The van der Waals surface area contributed by atoms with Crippen molar-refractivity contribution in [3.63, 3.8) is 0 Å². The Bertz CT molecular complexity index is 1070. The number of anilines is 1. The highest BCUT2D eigenvalue weighted by Gasteiger charge is 2.32. The van der Waals surface area contributed by atoms with Crippen LogP contribution in [0.1, 0.15) is 43.2 Å². The van der Waals surface area contributed by atoms with E-state index >= 15 is 0 Å². The number of amides is 1. The summed E-state index contributed by atoms with van der Waals surface area (Å²) in [7, 11) is 0. The van der Waals surface area contributed by atoms with Crippen molar-refractivity contribution in [3.05, 3.63) is 33.5 Å². The molecule has 7 nitrogen and oxygen atoms in total. The number of rotatable bonds is 4. The SMILES string of the molecule is CC(C)(C)[C@H]1CCc2c(sc(NC(=O)Cn3nnc(-c4cccs4)n3)c2C#N)C1. The van der Waals surface area contributed by atoms with Gasteiger partial charge in [0.1, 0.15) is 17.6 Å². The molecular formula is C20H22N6OS2. The van der Waals surface area contributed by atoms with E-state index < -0.39 is 0 Å². The third-order valence-electron chi connectivity index (χ3n) is 5.33. The zero-order valence-electron chi connectivity index (χ0n) is 16.6. The molecule has 9 heteroatoms. The second-order valence-corrected chi connectivity index (χ2v) is 10.3. The van der Waals surface area contributed by atoms with Gasteiger partial charge in [-0.2, -0.15) is 10.1 Å². The summed E-state index contributed by atoms with van der Waals surface area (Å²) in [5, 5.41) is 27.4. The molecule has 0 spiro atoms. The third kappa shape index (κ3) is 4.09. The van der Waals surface area contributed by atoms with Gasteiger partial charge in [-0.15, -0.1) is 32.9 Å². The van der Waals surface area contributed by atoms with Crippen molar-refractivity contribution in [3.8, 4) is 16.8 Å². The summed E-state index contributed by atoms with van der Waals surface area (Å²) in [6, 6.07) is 6.12. The maximum absolute atomic E-state index is 12.5. The van der Waals surface area contributed by atoms with Crippen molar-refractivity contribution >= 4 is 33.6 Å². The molecule has 29 heavy (non-hydrogen) atoms. The maximum Gasteiger partial charge on any atom is 0.248 e. The lowest BCUT2D eigenvalue weighted by atomic mass is 9.72. The molecule has 0 saturated carbocycles. The van der Waals surface area contributed by atoms with Gasteiger partial charge in [-0.1, -0.05) is 26.8 Å². The summed E-state index contributed by atoms with van der Waals surface area (Å²) in [5.41, 5.74) is 1.94. The first-order valence-corrected chi connectivity index (χ1v) is 11.2. The number of hydrogen-bond acceptors (Lipinski definition) is 7. The quantitative estimate of drug-likeness (QED) is 0.677. The molecule has 3 heterocycles. The molecule has 3 aromatic heterocycles. The lowest BCUT2D eigenvalue weighted by Gasteiger charge is -2.33. The van der Waals surface area contributed by atoms with Gasteiger partial charge in [-0.05, 0) is 52.8 Å². The first-order valence-electron chi connectivity index (χ1n) is 9.51. The molecule has 1 atom stereocenters. The van der Waals surface area contributed by atoms with Crippen molar-refractivity contribution in [2.75, 3.05) is 5.32 Å². The van der Waals surface area contributed by atoms with Gasteiger partial charge in [0, 0.05) is 4.88 Å². The fourth-order valence-corrected chi connectivity index (χ4v) is 5.58. The summed E-state index contributed by atoms with van der Waals surface area (Å²) in [6.45, 7) is 6.75. The maximum atomic E-state index is 12.5. The van der Waals surface area contributed by atoms with E-state index in [4.69, 9.17) is 0 Å². The Morgan fingerprint density at radius 1 is 1.45 bits per heavy atom. The highest BCUT2D eigenvalue weighted by molar-refractivity contribution is 7.16. The van der Waals surface area contributed by atoms with E-state index in [2.05, 4.69) is 47.6 Å². The minimum atomic E-state index is -0.261. The van der Waals surface area contributed by atoms with Crippen LogP contribution in [0.15, 0.2) is 17.5 Å². The number of carbonyl (C=O) groups excluding carboxylic acids is 1. The summed E-state index contributed by atoms with van der Waals surface area (Å²) in [4.78, 5) is 15.9. The number of thiophene rings is 2. The largest absolute Gasteiger partial charge is 0.315 e. The predicted octanol–water partition coefficient (Wildman–Crippen LogP) is 4.12. The van der Waals surface area contributed by atoms with E-state index in [9.17, 15) is 10.1 Å². The molecule has 1 amide bonds. The van der Waals surface area contributed by atoms with Gasteiger partial charge in [0.05, 0.1) is 10.4 Å². The average Bonchev–Trinajstić information content (AvgIpc) is 3.39. The number of nitriles is 1. The lowest BCUT2D eigenvalue weighted by Crippen LogP contribution is -2.26. The first kappa shape index (κ1) is 19.7. The van der Waals surface area contributed by atoms with E-state index in [1.807, 2.05) is 17.5 Å². The summed E-state index contributed by atoms with van der Waals surface area (Å²) < 4.78 is 0. The monoisotopic (exact) mass is 426 g/mol. The Labute approximate surface area is 177 Å². The van der Waals surface area contributed by atoms with Crippen LogP contribution >= 0.6 is 22.7 Å². The molecule has 0 unspecified atom stereocenters. The van der Waals surface area contributed by atoms with Crippen molar-refractivity contribution in [1.82, 2.24) is 20.2 Å². The number of fused-ring (bicyclic) bond motifs is 1. The van der Waals surface area contributed by atoms with E-state index in [0.29, 0.717) is 22.3 Å². The highest BCUT2D eigenvalue weighted by atomic mass is 32.1. The molecule has 0 aliphatic heterocycles. The van der Waals surface area contributed by atoms with Gasteiger partial charge in [-0.25, -0.2) is 0 Å². The summed E-state index contributed by atoms with van der Waals surface area (Å²) in [6.07, 6.45) is 2.92. The fourth-order valence-electron chi connectivity index (χ4n) is 3.64. The molecule has 0 fully saturated rings. The number of nitrogens with zero attached hydrogens (tertiary/aromatic N) is 5. The van der Waals surface area contributed by atoms with Crippen molar-refractivity contribution < 1.29 is 4.79 Å². The standard InChI is InChI=1S/C20H22N6OS2/c1-20(2,3)12-6-7-13-14(10-21)19(29-16(13)9-12)22-17(27)11-26-24-18(23-25-26)15-5-4-8-28-15/h4-5,8,12H,6-7,9,11H2,1-3H3,(H,22,27)/t12-/m0/s1.